The van der Waals surface area contributed by atoms with E-state index in [1.54, 1.807) is 6.92 Å². The molecule has 0 radical (unpaired) electrons. The lowest BCUT2D eigenvalue weighted by Crippen LogP contribution is -2.35. The van der Waals surface area contributed by atoms with E-state index >= 15 is 0 Å². The Morgan fingerprint density at radius 2 is 1.45 bits per heavy atom. The van der Waals surface area contributed by atoms with Crippen molar-refractivity contribution in [2.75, 3.05) is 0 Å². The van der Waals surface area contributed by atoms with Crippen LogP contribution in [0.5, 0.6) is 0 Å². The molecule has 0 aromatic rings. The van der Waals surface area contributed by atoms with Gasteiger partial charge in [-0.1, -0.05) is 40.0 Å². The summed E-state index contributed by atoms with van der Waals surface area (Å²) < 4.78 is 0. The molecule has 0 saturated carbocycles. The fourth-order valence-corrected chi connectivity index (χ4v) is 2.74. The summed E-state index contributed by atoms with van der Waals surface area (Å²) in [5.41, 5.74) is -1.57. The SMILES string of the molecule is CCCCC(C)(CCC(CC)(CCC)C(=O)O)C(=O)O. The molecule has 0 aromatic heterocycles. The largest absolute Gasteiger partial charge is 0.481 e. The van der Waals surface area contributed by atoms with Crippen molar-refractivity contribution >= 4 is 11.9 Å². The molecule has 0 rings (SSSR count). The third kappa shape index (κ3) is 4.80. The van der Waals surface area contributed by atoms with Crippen LogP contribution in [0, 0.1) is 10.8 Å². The Hall–Kier alpha value is -1.06. The van der Waals surface area contributed by atoms with E-state index in [1.807, 2.05) is 20.8 Å². The predicted octanol–water partition coefficient (Wildman–Crippen LogP) is 4.33. The van der Waals surface area contributed by atoms with Gasteiger partial charge in [0.15, 0.2) is 0 Å². The lowest BCUT2D eigenvalue weighted by atomic mass is 9.71. The van der Waals surface area contributed by atoms with Gasteiger partial charge in [0, 0.05) is 0 Å². The first-order valence-corrected chi connectivity index (χ1v) is 7.74. The van der Waals surface area contributed by atoms with E-state index in [1.165, 1.54) is 0 Å². The van der Waals surface area contributed by atoms with Gasteiger partial charge in [0.1, 0.15) is 0 Å². The Labute approximate surface area is 122 Å². The first-order chi connectivity index (χ1) is 9.28. The molecule has 2 atom stereocenters. The number of aliphatic carboxylic acids is 2. The molecule has 0 heterocycles. The Morgan fingerprint density at radius 1 is 0.850 bits per heavy atom. The summed E-state index contributed by atoms with van der Waals surface area (Å²) in [6, 6.07) is 0. The van der Waals surface area contributed by atoms with Crippen LogP contribution in [-0.4, -0.2) is 22.2 Å². The molecule has 0 aliphatic rings. The summed E-state index contributed by atoms with van der Waals surface area (Å²) in [5, 5.41) is 19.0. The highest BCUT2D eigenvalue weighted by atomic mass is 16.4. The van der Waals surface area contributed by atoms with Gasteiger partial charge in [-0.25, -0.2) is 0 Å². The molecule has 118 valence electrons. The third-order valence-electron chi connectivity index (χ3n) is 4.61. The summed E-state index contributed by atoms with van der Waals surface area (Å²) in [6.07, 6.45) is 5.28. The first-order valence-electron chi connectivity index (χ1n) is 7.74. The highest BCUT2D eigenvalue weighted by Gasteiger charge is 2.40. The molecule has 0 aliphatic carbocycles. The van der Waals surface area contributed by atoms with Crippen molar-refractivity contribution in [3.8, 4) is 0 Å². The molecule has 0 aromatic carbocycles. The second-order valence-corrected chi connectivity index (χ2v) is 6.16. The molecule has 4 nitrogen and oxygen atoms in total. The molecule has 0 aliphatic heterocycles. The quantitative estimate of drug-likeness (QED) is 0.593. The summed E-state index contributed by atoms with van der Waals surface area (Å²) in [5.74, 6) is -1.59. The number of hydrogen-bond donors (Lipinski definition) is 2. The molecular formula is C16H30O4. The highest BCUT2D eigenvalue weighted by Crippen LogP contribution is 2.40. The minimum absolute atomic E-state index is 0.433. The van der Waals surface area contributed by atoms with E-state index in [0.717, 1.165) is 19.3 Å². The van der Waals surface area contributed by atoms with Crippen LogP contribution in [0.4, 0.5) is 0 Å². The van der Waals surface area contributed by atoms with Crippen LogP contribution >= 0.6 is 0 Å². The second-order valence-electron chi connectivity index (χ2n) is 6.16. The van der Waals surface area contributed by atoms with E-state index in [4.69, 9.17) is 0 Å². The predicted molar refractivity (Wildman–Crippen MR) is 79.8 cm³/mol. The van der Waals surface area contributed by atoms with Crippen LogP contribution < -0.4 is 0 Å². The van der Waals surface area contributed by atoms with Crippen LogP contribution in [0.2, 0.25) is 0 Å². The van der Waals surface area contributed by atoms with Crippen LogP contribution in [0.3, 0.4) is 0 Å². The van der Waals surface area contributed by atoms with Gasteiger partial charge >= 0.3 is 11.9 Å². The molecule has 0 saturated heterocycles. The summed E-state index contributed by atoms with van der Waals surface area (Å²) >= 11 is 0. The van der Waals surface area contributed by atoms with Gasteiger partial charge in [0.05, 0.1) is 10.8 Å². The van der Waals surface area contributed by atoms with Gasteiger partial charge in [-0.3, -0.25) is 9.59 Å². The van der Waals surface area contributed by atoms with Crippen molar-refractivity contribution in [1.29, 1.82) is 0 Å². The van der Waals surface area contributed by atoms with Crippen LogP contribution in [0.1, 0.15) is 79.1 Å². The van der Waals surface area contributed by atoms with E-state index in [-0.39, 0.29) is 0 Å². The van der Waals surface area contributed by atoms with Gasteiger partial charge in [-0.15, -0.1) is 0 Å². The molecule has 2 unspecified atom stereocenters. The maximum Gasteiger partial charge on any atom is 0.309 e. The topological polar surface area (TPSA) is 74.6 Å². The van der Waals surface area contributed by atoms with Gasteiger partial charge in [0.25, 0.3) is 0 Å². The zero-order valence-corrected chi connectivity index (χ0v) is 13.4. The van der Waals surface area contributed by atoms with Crippen LogP contribution in [-0.2, 0) is 9.59 Å². The molecule has 0 spiro atoms. The van der Waals surface area contributed by atoms with Gasteiger partial charge in [-0.05, 0) is 39.0 Å². The fraction of sp³-hybridized carbons (Fsp3) is 0.875. The van der Waals surface area contributed by atoms with Crippen molar-refractivity contribution in [3.05, 3.63) is 0 Å². The van der Waals surface area contributed by atoms with Crippen molar-refractivity contribution in [1.82, 2.24) is 0 Å². The molecular weight excluding hydrogens is 256 g/mol. The maximum absolute atomic E-state index is 11.6. The smallest absolute Gasteiger partial charge is 0.309 e. The van der Waals surface area contributed by atoms with E-state index in [9.17, 15) is 19.8 Å². The fourth-order valence-electron chi connectivity index (χ4n) is 2.74. The lowest BCUT2D eigenvalue weighted by Gasteiger charge is -2.32. The number of carbonyl (C=O) groups is 2. The molecule has 2 N–H and O–H groups in total. The van der Waals surface area contributed by atoms with Crippen molar-refractivity contribution < 1.29 is 19.8 Å². The van der Waals surface area contributed by atoms with Gasteiger partial charge in [0.2, 0.25) is 0 Å². The number of hydrogen-bond acceptors (Lipinski definition) is 2. The van der Waals surface area contributed by atoms with E-state index < -0.39 is 22.8 Å². The lowest BCUT2D eigenvalue weighted by molar-refractivity contribution is -0.154. The summed E-state index contributed by atoms with van der Waals surface area (Å²) in [6.45, 7) is 7.64. The standard InChI is InChI=1S/C16H30O4/c1-5-8-10-15(4,13(17)18)11-12-16(7-3,9-6-2)14(19)20/h5-12H2,1-4H3,(H,17,18)(H,19,20). The Kier molecular flexibility index (Phi) is 7.84. The van der Waals surface area contributed by atoms with E-state index in [2.05, 4.69) is 0 Å². The number of unbranched alkanes of at least 4 members (excludes halogenated alkanes) is 1. The summed E-state index contributed by atoms with van der Waals surface area (Å²) in [7, 11) is 0. The van der Waals surface area contributed by atoms with Crippen LogP contribution in [0.15, 0.2) is 0 Å². The average Bonchev–Trinajstić information content (AvgIpc) is 2.40. The Bertz CT molecular complexity index is 326. The number of carboxylic acid groups (broad SMARTS) is 2. The zero-order chi connectivity index (χ0) is 15.8. The molecule has 4 heteroatoms. The summed E-state index contributed by atoms with van der Waals surface area (Å²) in [4.78, 5) is 23.1. The third-order valence-corrected chi connectivity index (χ3v) is 4.61. The minimum Gasteiger partial charge on any atom is -0.481 e. The molecule has 0 fully saturated rings. The monoisotopic (exact) mass is 286 g/mol. The van der Waals surface area contributed by atoms with Crippen LogP contribution in [0.25, 0.3) is 0 Å². The minimum atomic E-state index is -0.808. The zero-order valence-electron chi connectivity index (χ0n) is 13.4. The second kappa shape index (κ2) is 8.28. The van der Waals surface area contributed by atoms with Gasteiger partial charge in [-0.2, -0.15) is 0 Å². The first kappa shape index (κ1) is 18.9. The molecule has 0 bridgehead atoms. The maximum atomic E-state index is 11.6. The number of rotatable bonds is 11. The van der Waals surface area contributed by atoms with Crippen molar-refractivity contribution in [3.63, 3.8) is 0 Å². The highest BCUT2D eigenvalue weighted by molar-refractivity contribution is 5.76. The number of carboxylic acids is 2. The van der Waals surface area contributed by atoms with E-state index in [0.29, 0.717) is 32.1 Å². The average molecular weight is 286 g/mol. The molecule has 20 heavy (non-hydrogen) atoms. The van der Waals surface area contributed by atoms with Crippen molar-refractivity contribution in [2.45, 2.75) is 79.1 Å². The van der Waals surface area contributed by atoms with Gasteiger partial charge < -0.3 is 10.2 Å². The Morgan fingerprint density at radius 3 is 1.80 bits per heavy atom. The normalized spacial score (nSPS) is 17.2. The van der Waals surface area contributed by atoms with Crippen molar-refractivity contribution in [2.24, 2.45) is 10.8 Å². The Balaban J connectivity index is 4.96. The molecule has 0 amide bonds.